The van der Waals surface area contributed by atoms with E-state index in [1.54, 1.807) is 16.3 Å². The lowest BCUT2D eigenvalue weighted by Crippen LogP contribution is -2.35. The first-order valence-corrected chi connectivity index (χ1v) is 13.9. The van der Waals surface area contributed by atoms with Crippen LogP contribution in [-0.4, -0.2) is 27.9 Å². The van der Waals surface area contributed by atoms with Gasteiger partial charge in [-0.05, 0) is 65.6 Å². The number of benzene rings is 2. The van der Waals surface area contributed by atoms with Crippen LogP contribution in [0.3, 0.4) is 0 Å². The number of nitrogens with one attached hydrogen (secondary N) is 1. The van der Waals surface area contributed by atoms with E-state index in [1.807, 2.05) is 0 Å². The summed E-state index contributed by atoms with van der Waals surface area (Å²) < 4.78 is 1.60. The van der Waals surface area contributed by atoms with E-state index in [2.05, 4.69) is 54.7 Å². The van der Waals surface area contributed by atoms with Gasteiger partial charge in [-0.15, -0.1) is 11.8 Å². The number of carboxylic acid groups (broad SMARTS) is 1. The molecule has 35 heavy (non-hydrogen) atoms. The second kappa shape index (κ2) is 10.6. The Hall–Kier alpha value is -2.57. The molecule has 184 valence electrons. The molecule has 1 aliphatic heterocycles. The van der Waals surface area contributed by atoms with E-state index in [9.17, 15) is 14.7 Å². The van der Waals surface area contributed by atoms with Crippen LogP contribution in [0.2, 0.25) is 0 Å². The van der Waals surface area contributed by atoms with Crippen molar-refractivity contribution < 1.29 is 9.90 Å². The van der Waals surface area contributed by atoms with Gasteiger partial charge >= 0.3 is 5.97 Å². The molecule has 1 fully saturated rings. The van der Waals surface area contributed by atoms with E-state index in [4.69, 9.17) is 0 Å². The van der Waals surface area contributed by atoms with Gasteiger partial charge in [0.25, 0.3) is 5.56 Å². The summed E-state index contributed by atoms with van der Waals surface area (Å²) in [7, 11) is 0. The zero-order valence-corrected chi connectivity index (χ0v) is 21.2. The second-order valence-corrected chi connectivity index (χ2v) is 10.9. The normalized spacial score (nSPS) is 17.1. The van der Waals surface area contributed by atoms with Crippen LogP contribution < -0.4 is 10.9 Å². The molecule has 0 bridgehead atoms. The molecule has 0 unspecified atom stereocenters. The predicted octanol–water partition coefficient (Wildman–Crippen LogP) is 5.87. The van der Waals surface area contributed by atoms with Gasteiger partial charge in [0.2, 0.25) is 0 Å². The number of hydrogen-bond donors (Lipinski definition) is 2. The molecule has 1 aromatic heterocycles. The number of fused-ring (bicyclic) bond motifs is 2. The van der Waals surface area contributed by atoms with Crippen LogP contribution in [0.4, 0.5) is 0 Å². The zero-order chi connectivity index (χ0) is 24.4. The van der Waals surface area contributed by atoms with Crippen molar-refractivity contribution in [3.8, 4) is 0 Å². The van der Waals surface area contributed by atoms with Crippen molar-refractivity contribution in [2.24, 2.45) is 0 Å². The topological polar surface area (TPSA) is 71.3 Å². The molecular formula is C29H34N2O3S. The van der Waals surface area contributed by atoms with Crippen LogP contribution in [0.5, 0.6) is 0 Å². The predicted molar refractivity (Wildman–Crippen MR) is 143 cm³/mol. The van der Waals surface area contributed by atoms with E-state index in [1.165, 1.54) is 41.2 Å². The summed E-state index contributed by atoms with van der Waals surface area (Å²) in [6.45, 7) is 3.56. The Kier molecular flexibility index (Phi) is 7.30. The molecule has 0 saturated heterocycles. The van der Waals surface area contributed by atoms with E-state index < -0.39 is 12.0 Å². The van der Waals surface area contributed by atoms with Crippen molar-refractivity contribution in [2.45, 2.75) is 75.4 Å². The third kappa shape index (κ3) is 4.91. The fourth-order valence-corrected chi connectivity index (χ4v) is 6.74. The Balaban J connectivity index is 1.59. The van der Waals surface area contributed by atoms with Gasteiger partial charge in [0.05, 0.1) is 5.03 Å². The van der Waals surface area contributed by atoms with Crippen LogP contribution in [0.15, 0.2) is 52.3 Å². The zero-order valence-electron chi connectivity index (χ0n) is 20.4. The second-order valence-electron chi connectivity index (χ2n) is 9.84. The molecule has 3 aromatic rings. The molecular weight excluding hydrogens is 456 g/mol. The van der Waals surface area contributed by atoms with E-state index >= 15 is 0 Å². The van der Waals surface area contributed by atoms with Gasteiger partial charge < -0.3 is 10.4 Å². The maximum atomic E-state index is 13.9. The van der Waals surface area contributed by atoms with E-state index in [0.29, 0.717) is 24.6 Å². The highest BCUT2D eigenvalue weighted by molar-refractivity contribution is 7.99. The lowest BCUT2D eigenvalue weighted by atomic mass is 9.91. The van der Waals surface area contributed by atoms with Gasteiger partial charge in [-0.3, -0.25) is 9.36 Å². The highest BCUT2D eigenvalue weighted by atomic mass is 32.2. The Labute approximate surface area is 210 Å². The number of rotatable bonds is 11. The number of carbonyl (C=O) groups is 1. The minimum Gasteiger partial charge on any atom is -0.480 e. The molecule has 0 radical (unpaired) electrons. The molecule has 2 heterocycles. The SMILES string of the molecule is CCCCCCNCc1c(Cc2cccc3ccccc23)c(C2CC2)c2n(c1=O)[C@H](C(=O)O)CS2. The third-order valence-corrected chi connectivity index (χ3v) is 8.50. The molecule has 5 rings (SSSR count). The number of unbranched alkanes of at least 4 members (excludes halogenated alkanes) is 3. The number of hydrogen-bond acceptors (Lipinski definition) is 4. The summed E-state index contributed by atoms with van der Waals surface area (Å²) in [6.07, 6.45) is 7.59. The number of aliphatic carboxylic acids is 1. The van der Waals surface area contributed by atoms with Gasteiger partial charge in [0, 0.05) is 17.9 Å². The number of aromatic nitrogens is 1. The molecule has 1 saturated carbocycles. The van der Waals surface area contributed by atoms with Crippen molar-refractivity contribution in [1.82, 2.24) is 9.88 Å². The average molecular weight is 491 g/mol. The molecule has 2 aliphatic rings. The van der Waals surface area contributed by atoms with Crippen molar-refractivity contribution in [1.29, 1.82) is 0 Å². The quantitative estimate of drug-likeness (QED) is 0.329. The average Bonchev–Trinajstić information content (AvgIpc) is 3.59. The smallest absolute Gasteiger partial charge is 0.327 e. The first-order chi connectivity index (χ1) is 17.1. The molecule has 5 nitrogen and oxygen atoms in total. The number of pyridine rings is 1. The van der Waals surface area contributed by atoms with Gasteiger partial charge in [0.1, 0.15) is 6.04 Å². The molecule has 2 N–H and O–H groups in total. The number of nitrogens with zero attached hydrogens (tertiary/aromatic N) is 1. The highest BCUT2D eigenvalue weighted by Crippen LogP contribution is 2.49. The first kappa shape index (κ1) is 24.1. The maximum Gasteiger partial charge on any atom is 0.327 e. The van der Waals surface area contributed by atoms with E-state index in [0.717, 1.165) is 42.0 Å². The molecule has 1 atom stereocenters. The van der Waals surface area contributed by atoms with Crippen molar-refractivity contribution in [2.75, 3.05) is 12.3 Å². The summed E-state index contributed by atoms with van der Waals surface area (Å²) in [6, 6.07) is 14.0. The molecule has 0 spiro atoms. The maximum absolute atomic E-state index is 13.9. The standard InChI is InChI=1S/C29H34N2O3S/c1-2-3-4-7-15-30-17-24-23(16-21-11-8-10-19-9-5-6-12-22(19)21)26(20-13-14-20)28-31(27(24)32)25(18-35-28)29(33)34/h5-6,8-12,20,25,30H,2-4,7,13-18H2,1H3,(H,33,34)/t25-/m0/s1. The Morgan fingerprint density at radius 2 is 1.89 bits per heavy atom. The van der Waals surface area contributed by atoms with Crippen LogP contribution in [0.25, 0.3) is 10.8 Å². The van der Waals surface area contributed by atoms with Crippen LogP contribution in [0.1, 0.15) is 79.7 Å². The Morgan fingerprint density at radius 3 is 2.66 bits per heavy atom. The van der Waals surface area contributed by atoms with Crippen molar-refractivity contribution in [3.05, 3.63) is 75.1 Å². The molecule has 2 aromatic carbocycles. The van der Waals surface area contributed by atoms with Gasteiger partial charge in [-0.2, -0.15) is 0 Å². The fraction of sp³-hybridized carbons (Fsp3) is 0.448. The summed E-state index contributed by atoms with van der Waals surface area (Å²) in [5.41, 5.74) is 4.20. The Bertz CT molecular complexity index is 1290. The summed E-state index contributed by atoms with van der Waals surface area (Å²) in [5.74, 6) is -0.0723. The lowest BCUT2D eigenvalue weighted by molar-refractivity contribution is -0.140. The fourth-order valence-electron chi connectivity index (χ4n) is 5.34. The highest BCUT2D eigenvalue weighted by Gasteiger charge is 2.39. The lowest BCUT2D eigenvalue weighted by Gasteiger charge is -2.21. The summed E-state index contributed by atoms with van der Waals surface area (Å²) in [4.78, 5) is 25.9. The van der Waals surface area contributed by atoms with Gasteiger partial charge in [-0.25, -0.2) is 4.79 Å². The van der Waals surface area contributed by atoms with Gasteiger partial charge in [-0.1, -0.05) is 68.7 Å². The molecule has 0 amide bonds. The van der Waals surface area contributed by atoms with Crippen LogP contribution >= 0.6 is 11.8 Å². The van der Waals surface area contributed by atoms with Crippen LogP contribution in [0, 0.1) is 0 Å². The Morgan fingerprint density at radius 1 is 1.09 bits per heavy atom. The first-order valence-electron chi connectivity index (χ1n) is 12.9. The molecule has 1 aliphatic carbocycles. The number of carboxylic acids is 1. The van der Waals surface area contributed by atoms with Crippen LogP contribution in [-0.2, 0) is 17.8 Å². The minimum absolute atomic E-state index is 0.127. The van der Waals surface area contributed by atoms with Crippen molar-refractivity contribution >= 4 is 28.5 Å². The summed E-state index contributed by atoms with van der Waals surface area (Å²) >= 11 is 1.55. The van der Waals surface area contributed by atoms with Crippen molar-refractivity contribution in [3.63, 3.8) is 0 Å². The van der Waals surface area contributed by atoms with E-state index in [-0.39, 0.29) is 5.56 Å². The number of thioether (sulfide) groups is 1. The minimum atomic E-state index is -0.916. The monoisotopic (exact) mass is 490 g/mol. The molecule has 6 heteroatoms. The summed E-state index contributed by atoms with van der Waals surface area (Å²) in [5, 5.41) is 16.7. The largest absolute Gasteiger partial charge is 0.480 e. The third-order valence-electron chi connectivity index (χ3n) is 7.33. The van der Waals surface area contributed by atoms with Gasteiger partial charge in [0.15, 0.2) is 0 Å².